The van der Waals surface area contributed by atoms with E-state index in [1.807, 2.05) is 0 Å². The van der Waals surface area contributed by atoms with Crippen LogP contribution in [0.3, 0.4) is 0 Å². The first-order chi connectivity index (χ1) is 12.5. The summed E-state index contributed by atoms with van der Waals surface area (Å²) in [6, 6.07) is 9.41. The average molecular weight is 382 g/mol. The van der Waals surface area contributed by atoms with E-state index in [0.717, 1.165) is 5.56 Å². The number of halogens is 3. The molecular formula is C18H14ClF2NO4. The van der Waals surface area contributed by atoms with Gasteiger partial charge in [-0.25, -0.2) is 0 Å². The SMILES string of the molecule is O=C(/C=C/c1cc(Cl)c2c(c1)OCO2)NCc1ccc(OC(F)F)cc1. The Labute approximate surface area is 153 Å². The van der Waals surface area contributed by atoms with Crippen LogP contribution in [-0.2, 0) is 11.3 Å². The van der Waals surface area contributed by atoms with Crippen molar-refractivity contribution in [2.24, 2.45) is 0 Å². The van der Waals surface area contributed by atoms with Crippen molar-refractivity contribution in [3.8, 4) is 17.2 Å². The van der Waals surface area contributed by atoms with E-state index in [9.17, 15) is 13.6 Å². The maximum Gasteiger partial charge on any atom is 0.387 e. The maximum absolute atomic E-state index is 12.1. The first kappa shape index (κ1) is 18.0. The van der Waals surface area contributed by atoms with Gasteiger partial charge < -0.3 is 19.5 Å². The molecule has 0 saturated carbocycles. The highest BCUT2D eigenvalue weighted by atomic mass is 35.5. The van der Waals surface area contributed by atoms with Crippen molar-refractivity contribution in [2.75, 3.05) is 6.79 Å². The molecule has 26 heavy (non-hydrogen) atoms. The molecule has 3 rings (SSSR count). The van der Waals surface area contributed by atoms with Crippen LogP contribution in [0.1, 0.15) is 11.1 Å². The number of amides is 1. The number of rotatable bonds is 6. The molecule has 0 fully saturated rings. The molecule has 0 radical (unpaired) electrons. The lowest BCUT2D eigenvalue weighted by atomic mass is 10.2. The summed E-state index contributed by atoms with van der Waals surface area (Å²) in [5.41, 5.74) is 1.45. The van der Waals surface area contributed by atoms with Crippen LogP contribution in [-0.4, -0.2) is 19.3 Å². The van der Waals surface area contributed by atoms with Crippen molar-refractivity contribution < 1.29 is 27.8 Å². The average Bonchev–Trinajstić information content (AvgIpc) is 3.08. The summed E-state index contributed by atoms with van der Waals surface area (Å²) in [6.45, 7) is -2.50. The van der Waals surface area contributed by atoms with Crippen molar-refractivity contribution in [1.82, 2.24) is 5.32 Å². The van der Waals surface area contributed by atoms with Crippen molar-refractivity contribution in [2.45, 2.75) is 13.2 Å². The number of carbonyl (C=O) groups is 1. The molecule has 0 spiro atoms. The molecule has 5 nitrogen and oxygen atoms in total. The van der Waals surface area contributed by atoms with Crippen LogP contribution >= 0.6 is 11.6 Å². The lowest BCUT2D eigenvalue weighted by Gasteiger charge is -2.06. The Balaban J connectivity index is 1.54. The Hall–Kier alpha value is -2.80. The number of alkyl halides is 2. The van der Waals surface area contributed by atoms with E-state index in [4.69, 9.17) is 21.1 Å². The Kier molecular flexibility index (Phi) is 5.58. The fourth-order valence-electron chi connectivity index (χ4n) is 2.29. The van der Waals surface area contributed by atoms with Crippen molar-refractivity contribution in [1.29, 1.82) is 0 Å². The molecule has 2 aromatic carbocycles. The smallest absolute Gasteiger partial charge is 0.387 e. The van der Waals surface area contributed by atoms with Crippen molar-refractivity contribution in [3.05, 3.63) is 58.6 Å². The molecule has 1 amide bonds. The van der Waals surface area contributed by atoms with Gasteiger partial charge in [-0.3, -0.25) is 4.79 Å². The van der Waals surface area contributed by atoms with Gasteiger partial charge in [0, 0.05) is 12.6 Å². The molecule has 0 unspecified atom stereocenters. The summed E-state index contributed by atoms with van der Waals surface area (Å²) in [5, 5.41) is 3.10. The Morgan fingerprint density at radius 2 is 2.04 bits per heavy atom. The molecule has 0 saturated heterocycles. The first-order valence-corrected chi connectivity index (χ1v) is 7.98. The molecule has 8 heteroatoms. The van der Waals surface area contributed by atoms with Crippen molar-refractivity contribution >= 4 is 23.6 Å². The third-order valence-electron chi connectivity index (χ3n) is 3.49. The van der Waals surface area contributed by atoms with E-state index in [2.05, 4.69) is 10.1 Å². The van der Waals surface area contributed by atoms with Gasteiger partial charge in [-0.15, -0.1) is 0 Å². The second-order valence-corrected chi connectivity index (χ2v) is 5.72. The second-order valence-electron chi connectivity index (χ2n) is 5.31. The van der Waals surface area contributed by atoms with E-state index in [0.29, 0.717) is 22.1 Å². The zero-order chi connectivity index (χ0) is 18.5. The molecular weight excluding hydrogens is 368 g/mol. The number of hydrogen-bond donors (Lipinski definition) is 1. The highest BCUT2D eigenvalue weighted by molar-refractivity contribution is 6.32. The lowest BCUT2D eigenvalue weighted by molar-refractivity contribution is -0.116. The quantitative estimate of drug-likeness (QED) is 0.768. The second kappa shape index (κ2) is 8.05. The predicted octanol–water partition coefficient (Wildman–Crippen LogP) is 4.00. The Morgan fingerprint density at radius 3 is 2.77 bits per heavy atom. The molecule has 1 aliphatic rings. The van der Waals surface area contributed by atoms with Gasteiger partial charge in [-0.2, -0.15) is 8.78 Å². The topological polar surface area (TPSA) is 56.8 Å². The van der Waals surface area contributed by atoms with E-state index in [1.165, 1.54) is 18.2 Å². The van der Waals surface area contributed by atoms with E-state index in [1.54, 1.807) is 30.3 Å². The van der Waals surface area contributed by atoms with E-state index < -0.39 is 6.61 Å². The molecule has 2 aromatic rings. The van der Waals surface area contributed by atoms with Crippen LogP contribution in [0.5, 0.6) is 17.2 Å². The highest BCUT2D eigenvalue weighted by Gasteiger charge is 2.17. The molecule has 0 aromatic heterocycles. The van der Waals surface area contributed by atoms with Gasteiger partial charge in [0.2, 0.25) is 12.7 Å². The van der Waals surface area contributed by atoms with Gasteiger partial charge in [0.05, 0.1) is 5.02 Å². The van der Waals surface area contributed by atoms with Gasteiger partial charge in [-0.1, -0.05) is 23.7 Å². The molecule has 1 aliphatic heterocycles. The largest absolute Gasteiger partial charge is 0.454 e. The van der Waals surface area contributed by atoms with E-state index in [-0.39, 0.29) is 25.0 Å². The van der Waals surface area contributed by atoms with Crippen molar-refractivity contribution in [3.63, 3.8) is 0 Å². The maximum atomic E-state index is 12.1. The number of ether oxygens (including phenoxy) is 3. The minimum Gasteiger partial charge on any atom is -0.454 e. The van der Waals surface area contributed by atoms with Crippen LogP contribution < -0.4 is 19.5 Å². The predicted molar refractivity (Wildman–Crippen MR) is 91.5 cm³/mol. The summed E-state index contributed by atoms with van der Waals surface area (Å²) >= 11 is 6.08. The van der Waals surface area contributed by atoms with Gasteiger partial charge in [0.15, 0.2) is 11.5 Å². The third-order valence-corrected chi connectivity index (χ3v) is 3.77. The Bertz CT molecular complexity index is 825. The summed E-state index contributed by atoms with van der Waals surface area (Å²) in [7, 11) is 0. The summed E-state index contributed by atoms with van der Waals surface area (Å²) in [5.74, 6) is 0.776. The number of nitrogens with one attached hydrogen (secondary N) is 1. The molecule has 0 atom stereocenters. The summed E-state index contributed by atoms with van der Waals surface area (Å²) < 4.78 is 38.9. The fraction of sp³-hybridized carbons (Fsp3) is 0.167. The van der Waals surface area contributed by atoms with Gasteiger partial charge >= 0.3 is 6.61 Å². The summed E-state index contributed by atoms with van der Waals surface area (Å²) in [6.07, 6.45) is 2.96. The van der Waals surface area contributed by atoms with Crippen LogP contribution in [0.25, 0.3) is 6.08 Å². The normalized spacial score (nSPS) is 12.6. The first-order valence-electron chi connectivity index (χ1n) is 7.60. The van der Waals surface area contributed by atoms with Crippen LogP contribution in [0.15, 0.2) is 42.5 Å². The minimum absolute atomic E-state index is 0.0645. The highest BCUT2D eigenvalue weighted by Crippen LogP contribution is 2.40. The van der Waals surface area contributed by atoms with Gasteiger partial charge in [-0.05, 0) is 41.5 Å². The third kappa shape index (κ3) is 4.64. The monoisotopic (exact) mass is 381 g/mol. The van der Waals surface area contributed by atoms with Crippen LogP contribution in [0, 0.1) is 0 Å². The summed E-state index contributed by atoms with van der Waals surface area (Å²) in [4.78, 5) is 11.9. The van der Waals surface area contributed by atoms with E-state index >= 15 is 0 Å². The number of fused-ring (bicyclic) bond motifs is 1. The number of benzene rings is 2. The number of carbonyl (C=O) groups excluding carboxylic acids is 1. The Morgan fingerprint density at radius 1 is 1.27 bits per heavy atom. The molecule has 1 heterocycles. The lowest BCUT2D eigenvalue weighted by Crippen LogP contribution is -2.20. The number of hydrogen-bond acceptors (Lipinski definition) is 4. The fourth-order valence-corrected chi connectivity index (χ4v) is 2.57. The molecule has 0 aliphatic carbocycles. The minimum atomic E-state index is -2.87. The standard InChI is InChI=1S/C18H14ClF2NO4/c19-14-7-12(8-15-17(14)25-10-24-15)3-6-16(23)22-9-11-1-4-13(5-2-11)26-18(20)21/h1-8,18H,9-10H2,(H,22,23)/b6-3+. The van der Waals surface area contributed by atoms with Crippen LogP contribution in [0.4, 0.5) is 8.78 Å². The van der Waals surface area contributed by atoms with Crippen LogP contribution in [0.2, 0.25) is 5.02 Å². The zero-order valence-corrected chi connectivity index (χ0v) is 14.1. The molecule has 0 bridgehead atoms. The zero-order valence-electron chi connectivity index (χ0n) is 13.4. The molecule has 1 N–H and O–H groups in total. The van der Waals surface area contributed by atoms with Gasteiger partial charge in [0.1, 0.15) is 5.75 Å². The molecule has 136 valence electrons. The van der Waals surface area contributed by atoms with Gasteiger partial charge in [0.25, 0.3) is 0 Å².